The molecule has 0 aliphatic carbocycles. The van der Waals surface area contributed by atoms with E-state index in [4.69, 9.17) is 58.2 Å². The number of hydrogen-bond acceptors (Lipinski definition) is 7. The van der Waals surface area contributed by atoms with E-state index < -0.39 is 23.8 Å². The van der Waals surface area contributed by atoms with Gasteiger partial charge in [0, 0.05) is 6.07 Å². The van der Waals surface area contributed by atoms with Gasteiger partial charge in [-0.05, 0) is 18.2 Å². The summed E-state index contributed by atoms with van der Waals surface area (Å²) in [7, 11) is 9.87. The van der Waals surface area contributed by atoms with Crippen LogP contribution in [0.15, 0.2) is 24.3 Å². The van der Waals surface area contributed by atoms with E-state index in [1.165, 1.54) is 12.1 Å². The average Bonchev–Trinajstić information content (AvgIpc) is 2.44. The van der Waals surface area contributed by atoms with Crippen molar-refractivity contribution in [2.24, 2.45) is 0 Å². The number of aromatic nitrogens is 2. The van der Waals surface area contributed by atoms with Crippen molar-refractivity contribution in [3.05, 3.63) is 44.7 Å². The average molecular weight is 507 g/mol. The Morgan fingerprint density at radius 2 is 1.39 bits per heavy atom. The Morgan fingerprint density at radius 1 is 0.957 bits per heavy atom. The summed E-state index contributed by atoms with van der Waals surface area (Å²) >= 11 is 10.1. The number of rotatable bonds is 1. The third kappa shape index (κ3) is 9.06. The minimum atomic E-state index is -0.826. The normalized spacial score (nSPS) is 9.04. The standard InChI is InChI=1S/C5H4ClN3O2.C5H6ClN3.2ClH.Sn/c6-4-2-1-3(9(10)11)5(7)8-4;6-4-2-1-3(7)5(8)9-4;;;/h1-2H,(H2,7,8);1-2H,7H2,(H2,8,9);2*1H;/q;;;;+2/p-2. The topological polar surface area (TPSA) is 147 Å². The number of anilines is 3. The molecule has 2 aromatic rings. The van der Waals surface area contributed by atoms with Crippen LogP contribution in [0.2, 0.25) is 10.3 Å². The molecule has 8 nitrogen and oxygen atoms in total. The molecule has 0 amide bonds. The number of nitrogens with zero attached hydrogens (tertiary/aromatic N) is 3. The number of hydrogen-bond donors (Lipinski definition) is 3. The molecule has 0 saturated carbocycles. The van der Waals surface area contributed by atoms with Crippen molar-refractivity contribution in [1.82, 2.24) is 9.97 Å². The Balaban J connectivity index is 0.000000365. The van der Waals surface area contributed by atoms with Gasteiger partial charge in [0.05, 0.1) is 10.6 Å². The van der Waals surface area contributed by atoms with E-state index in [1.54, 1.807) is 12.1 Å². The van der Waals surface area contributed by atoms with E-state index in [9.17, 15) is 10.1 Å². The summed E-state index contributed by atoms with van der Waals surface area (Å²) in [6, 6.07) is 5.73. The van der Waals surface area contributed by atoms with Gasteiger partial charge in [0.2, 0.25) is 5.82 Å². The molecule has 0 aromatic carbocycles. The predicted octanol–water partition coefficient (Wildman–Crippen LogP) is 3.12. The Hall–Kier alpha value is -0.941. The summed E-state index contributed by atoms with van der Waals surface area (Å²) in [4.78, 5) is 16.8. The van der Waals surface area contributed by atoms with Crippen molar-refractivity contribution in [2.45, 2.75) is 0 Å². The van der Waals surface area contributed by atoms with Gasteiger partial charge in [0.15, 0.2) is 0 Å². The molecule has 2 aromatic heterocycles. The van der Waals surface area contributed by atoms with Gasteiger partial charge in [-0.25, -0.2) is 9.97 Å². The summed E-state index contributed by atoms with van der Waals surface area (Å²) < 4.78 is 0. The SMILES string of the molecule is Nc1ccc(Cl)nc1N.Nc1nc(Cl)ccc1[N+](=O)[O-].[Cl][Sn][Cl]. The summed E-state index contributed by atoms with van der Waals surface area (Å²) in [5.41, 5.74) is 16.1. The number of nitrogens with two attached hydrogens (primary N) is 3. The second-order valence-electron chi connectivity index (χ2n) is 3.48. The summed E-state index contributed by atoms with van der Waals surface area (Å²) in [5.74, 6) is 0.116. The van der Waals surface area contributed by atoms with Crippen LogP contribution in [0.3, 0.4) is 0 Å². The van der Waals surface area contributed by atoms with Crippen LogP contribution in [0.25, 0.3) is 0 Å². The first-order valence-corrected chi connectivity index (χ1v) is 13.4. The molecule has 0 aliphatic heterocycles. The van der Waals surface area contributed by atoms with Crippen molar-refractivity contribution < 1.29 is 4.92 Å². The van der Waals surface area contributed by atoms with Gasteiger partial charge in [0.25, 0.3) is 0 Å². The van der Waals surface area contributed by atoms with Gasteiger partial charge in [-0.15, -0.1) is 0 Å². The predicted molar refractivity (Wildman–Crippen MR) is 95.8 cm³/mol. The van der Waals surface area contributed by atoms with E-state index in [-0.39, 0.29) is 22.5 Å². The molecule has 2 rings (SSSR count). The fourth-order valence-corrected chi connectivity index (χ4v) is 1.37. The zero-order valence-electron chi connectivity index (χ0n) is 11.2. The van der Waals surface area contributed by atoms with Gasteiger partial charge in [0.1, 0.15) is 16.1 Å². The van der Waals surface area contributed by atoms with Crippen LogP contribution in [-0.2, 0) is 0 Å². The van der Waals surface area contributed by atoms with Crippen LogP contribution in [0.4, 0.5) is 23.0 Å². The van der Waals surface area contributed by atoms with Gasteiger partial charge in [-0.3, -0.25) is 10.1 Å². The first-order chi connectivity index (χ1) is 10.7. The molecule has 0 bridgehead atoms. The molecule has 0 fully saturated rings. The van der Waals surface area contributed by atoms with Gasteiger partial charge in [-0.1, -0.05) is 23.2 Å². The fraction of sp³-hybridized carbons (Fsp3) is 0. The summed E-state index contributed by atoms with van der Waals surface area (Å²) in [6.45, 7) is 0. The molecule has 0 aliphatic rings. The van der Waals surface area contributed by atoms with E-state index >= 15 is 0 Å². The first-order valence-electron chi connectivity index (χ1n) is 5.43. The molecule has 0 atom stereocenters. The second kappa shape index (κ2) is 11.6. The number of nitro groups is 1. The van der Waals surface area contributed by atoms with Crippen molar-refractivity contribution in [1.29, 1.82) is 0 Å². The number of pyridine rings is 2. The van der Waals surface area contributed by atoms with E-state index in [2.05, 4.69) is 9.97 Å². The third-order valence-electron chi connectivity index (χ3n) is 1.99. The second-order valence-corrected chi connectivity index (χ2v) is 8.49. The van der Waals surface area contributed by atoms with Crippen LogP contribution >= 0.6 is 41.0 Å². The summed E-state index contributed by atoms with van der Waals surface area (Å²) in [5, 5.41) is 10.7. The molecule has 23 heavy (non-hydrogen) atoms. The molecule has 13 heteroatoms. The Bertz CT molecular complexity index is 663. The van der Waals surface area contributed by atoms with Crippen molar-refractivity contribution >= 4 is 82.9 Å². The zero-order chi connectivity index (χ0) is 18.0. The van der Waals surface area contributed by atoms with Crippen LogP contribution < -0.4 is 17.2 Å². The van der Waals surface area contributed by atoms with Gasteiger partial charge >= 0.3 is 42.4 Å². The van der Waals surface area contributed by atoms with Gasteiger partial charge < -0.3 is 17.2 Å². The molecular formula is C10H10Cl4N6O2Sn. The molecule has 0 unspecified atom stereocenters. The Kier molecular flexibility index (Phi) is 11.1. The van der Waals surface area contributed by atoms with Crippen molar-refractivity contribution in [3.8, 4) is 0 Å². The molecular weight excluding hydrogens is 497 g/mol. The minimum absolute atomic E-state index is 0.146. The quantitative estimate of drug-likeness (QED) is 0.233. The van der Waals surface area contributed by atoms with E-state index in [0.29, 0.717) is 10.8 Å². The Morgan fingerprint density at radius 3 is 1.74 bits per heavy atom. The molecule has 0 saturated heterocycles. The van der Waals surface area contributed by atoms with Crippen LogP contribution in [-0.4, -0.2) is 33.8 Å². The number of nitrogen functional groups attached to an aromatic ring is 3. The van der Waals surface area contributed by atoms with E-state index in [0.717, 1.165) is 0 Å². The number of halogens is 4. The van der Waals surface area contributed by atoms with Crippen LogP contribution in [0.5, 0.6) is 0 Å². The van der Waals surface area contributed by atoms with Crippen LogP contribution in [0, 0.1) is 10.1 Å². The van der Waals surface area contributed by atoms with Crippen molar-refractivity contribution in [2.75, 3.05) is 17.2 Å². The van der Waals surface area contributed by atoms with Gasteiger partial charge in [-0.2, -0.15) is 0 Å². The molecule has 2 radical (unpaired) electrons. The van der Waals surface area contributed by atoms with Crippen molar-refractivity contribution in [3.63, 3.8) is 0 Å². The fourth-order valence-electron chi connectivity index (χ4n) is 1.06. The first kappa shape index (κ1) is 22.1. The maximum absolute atomic E-state index is 10.2. The molecule has 2 heterocycles. The summed E-state index contributed by atoms with van der Waals surface area (Å²) in [6.07, 6.45) is 0. The van der Waals surface area contributed by atoms with Crippen LogP contribution in [0.1, 0.15) is 0 Å². The monoisotopic (exact) mass is 506 g/mol. The maximum atomic E-state index is 10.2. The zero-order valence-corrected chi connectivity index (χ0v) is 17.1. The molecule has 124 valence electrons. The Labute approximate surface area is 159 Å². The molecule has 6 N–H and O–H groups in total. The molecule has 0 spiro atoms. The third-order valence-corrected chi connectivity index (χ3v) is 2.41. The van der Waals surface area contributed by atoms with E-state index in [1.807, 2.05) is 0 Å².